The van der Waals surface area contributed by atoms with Crippen molar-refractivity contribution in [1.82, 2.24) is 4.90 Å². The summed E-state index contributed by atoms with van der Waals surface area (Å²) in [6.45, 7) is 11.4. The summed E-state index contributed by atoms with van der Waals surface area (Å²) in [6, 6.07) is 6.34. The van der Waals surface area contributed by atoms with Crippen LogP contribution in [0.2, 0.25) is 0 Å². The van der Waals surface area contributed by atoms with Gasteiger partial charge in [-0.3, -0.25) is 19.5 Å². The minimum absolute atomic E-state index is 0.0840. The van der Waals surface area contributed by atoms with Gasteiger partial charge in [0.05, 0.1) is 5.70 Å². The molecule has 0 aliphatic carbocycles. The zero-order valence-electron chi connectivity index (χ0n) is 16.3. The maximum absolute atomic E-state index is 12.3. The number of aliphatic imine (C=N–C) groups is 1. The molecule has 2 heterocycles. The molecule has 0 radical (unpaired) electrons. The molecule has 2 aliphatic heterocycles. The second-order valence-corrected chi connectivity index (χ2v) is 6.48. The van der Waals surface area contributed by atoms with Crippen LogP contribution in [-0.2, 0) is 9.59 Å². The molecule has 142 valence electrons. The monoisotopic (exact) mass is 376 g/mol. The Hall–Kier alpha value is -2.08. The quantitative estimate of drug-likeness (QED) is 0.639. The Balaban J connectivity index is 0.000000791. The Kier molecular flexibility index (Phi) is 8.58. The van der Waals surface area contributed by atoms with Gasteiger partial charge in [-0.05, 0) is 24.6 Å². The molecule has 1 N–H and O–H groups in total. The molecule has 1 fully saturated rings. The third-order valence-electron chi connectivity index (χ3n) is 3.78. The smallest absolute Gasteiger partial charge is 0.256 e. The molecule has 1 amide bonds. The van der Waals surface area contributed by atoms with Crippen LogP contribution in [0.25, 0.3) is 0 Å². The molecule has 6 heteroatoms. The van der Waals surface area contributed by atoms with E-state index >= 15 is 0 Å². The fourth-order valence-electron chi connectivity index (χ4n) is 2.70. The van der Waals surface area contributed by atoms with E-state index in [0.29, 0.717) is 11.3 Å². The van der Waals surface area contributed by atoms with E-state index in [9.17, 15) is 14.7 Å². The Bertz CT molecular complexity index is 713. The first kappa shape index (κ1) is 22.0. The minimum atomic E-state index is -0.493. The van der Waals surface area contributed by atoms with Crippen molar-refractivity contribution < 1.29 is 14.7 Å². The van der Waals surface area contributed by atoms with Gasteiger partial charge in [-0.15, -0.1) is 11.8 Å². The molecule has 1 aromatic rings. The van der Waals surface area contributed by atoms with Crippen LogP contribution in [0.1, 0.15) is 47.1 Å². The first-order valence-electron chi connectivity index (χ1n) is 8.97. The van der Waals surface area contributed by atoms with Gasteiger partial charge < -0.3 is 5.11 Å². The molecule has 0 aromatic heterocycles. The fourth-order valence-corrected chi connectivity index (χ4v) is 3.99. The number of allylic oxidation sites excluding steroid dienone is 1. The second-order valence-electron chi connectivity index (χ2n) is 5.38. The number of phenols is 1. The maximum Gasteiger partial charge on any atom is 0.256 e. The van der Waals surface area contributed by atoms with E-state index in [2.05, 4.69) is 4.99 Å². The first-order chi connectivity index (χ1) is 12.5. The van der Waals surface area contributed by atoms with Gasteiger partial charge in [0.1, 0.15) is 11.1 Å². The lowest BCUT2D eigenvalue weighted by Crippen LogP contribution is -2.63. The number of ketones is 1. The number of hydrogen-bond acceptors (Lipinski definition) is 5. The standard InChI is InChI=1S/C16H16N2O3S.2C2H6/c1-9-8-22-16-13(15(21)18(16)14(9)10(2)19)17-7-11-5-3-4-6-12(11)20;2*1-2/h3-7,13,16,20H,8H2,1-2H3;2*1-2H3. The van der Waals surface area contributed by atoms with Gasteiger partial charge in [-0.1, -0.05) is 39.8 Å². The Morgan fingerprint density at radius 3 is 2.46 bits per heavy atom. The molecule has 0 saturated carbocycles. The van der Waals surface area contributed by atoms with E-state index in [1.807, 2.05) is 34.6 Å². The molecule has 0 bridgehead atoms. The van der Waals surface area contributed by atoms with Crippen molar-refractivity contribution in [2.24, 2.45) is 4.99 Å². The zero-order chi connectivity index (χ0) is 19.9. The van der Waals surface area contributed by atoms with Crippen LogP contribution >= 0.6 is 11.8 Å². The lowest BCUT2D eigenvalue weighted by atomic mass is 10.0. The fraction of sp³-hybridized carbons (Fsp3) is 0.450. The SMILES string of the molecule is CC.CC.CC(=O)C1=C(C)CSC2C(N=Cc3ccccc3O)C(=O)N12. The molecule has 1 aromatic carbocycles. The van der Waals surface area contributed by atoms with E-state index in [-0.39, 0.29) is 22.8 Å². The number of rotatable bonds is 3. The molecule has 5 nitrogen and oxygen atoms in total. The summed E-state index contributed by atoms with van der Waals surface area (Å²) < 4.78 is 0. The second kappa shape index (κ2) is 10.2. The number of fused-ring (bicyclic) bond motifs is 1. The molecule has 2 atom stereocenters. The number of carbonyl (C=O) groups excluding carboxylic acids is 2. The number of phenolic OH excluding ortho intramolecular Hbond substituents is 1. The molecule has 0 spiro atoms. The maximum atomic E-state index is 12.3. The molecule has 2 unspecified atom stereocenters. The van der Waals surface area contributed by atoms with Crippen molar-refractivity contribution in [3.8, 4) is 5.75 Å². The van der Waals surface area contributed by atoms with Crippen LogP contribution < -0.4 is 0 Å². The third kappa shape index (κ3) is 4.36. The number of carbonyl (C=O) groups is 2. The highest BCUT2D eigenvalue weighted by atomic mass is 32.2. The number of Topliss-reactive ketones (excluding diaryl/α,β-unsaturated/α-hetero) is 1. The van der Waals surface area contributed by atoms with Crippen molar-refractivity contribution in [3.63, 3.8) is 0 Å². The van der Waals surface area contributed by atoms with Crippen molar-refractivity contribution in [2.75, 3.05) is 5.75 Å². The number of nitrogens with zero attached hydrogens (tertiary/aromatic N) is 2. The van der Waals surface area contributed by atoms with Gasteiger partial charge in [0.15, 0.2) is 11.8 Å². The predicted molar refractivity (Wildman–Crippen MR) is 109 cm³/mol. The van der Waals surface area contributed by atoms with E-state index in [4.69, 9.17) is 0 Å². The van der Waals surface area contributed by atoms with Crippen molar-refractivity contribution in [3.05, 3.63) is 41.1 Å². The highest BCUT2D eigenvalue weighted by Gasteiger charge is 2.52. The van der Waals surface area contributed by atoms with Crippen LogP contribution in [0.3, 0.4) is 0 Å². The Labute approximate surface area is 160 Å². The molecular formula is C20H28N2O3S. The normalized spacial score (nSPS) is 21.2. The molecule has 26 heavy (non-hydrogen) atoms. The molecule has 1 saturated heterocycles. The number of benzene rings is 1. The highest BCUT2D eigenvalue weighted by Crippen LogP contribution is 2.41. The van der Waals surface area contributed by atoms with E-state index in [0.717, 1.165) is 11.3 Å². The summed E-state index contributed by atoms with van der Waals surface area (Å²) in [6.07, 6.45) is 1.52. The largest absolute Gasteiger partial charge is 0.507 e. The summed E-state index contributed by atoms with van der Waals surface area (Å²) >= 11 is 1.61. The zero-order valence-corrected chi connectivity index (χ0v) is 17.1. The topological polar surface area (TPSA) is 70.0 Å². The predicted octanol–water partition coefficient (Wildman–Crippen LogP) is 4.01. The third-order valence-corrected chi connectivity index (χ3v) is 5.19. The van der Waals surface area contributed by atoms with Crippen molar-refractivity contribution in [2.45, 2.75) is 53.0 Å². The molecule has 2 aliphatic rings. The number of aromatic hydroxyl groups is 1. The van der Waals surface area contributed by atoms with Crippen LogP contribution in [0.15, 0.2) is 40.5 Å². The number of hydrogen-bond donors (Lipinski definition) is 1. The van der Waals surface area contributed by atoms with E-state index < -0.39 is 6.04 Å². The number of para-hydroxylation sites is 1. The number of amides is 1. The summed E-state index contributed by atoms with van der Waals surface area (Å²) in [5, 5.41) is 9.59. The summed E-state index contributed by atoms with van der Waals surface area (Å²) in [7, 11) is 0. The lowest BCUT2D eigenvalue weighted by molar-refractivity contribution is -0.143. The number of β-lactam (4-membered cyclic amide) rings is 1. The van der Waals surface area contributed by atoms with Gasteiger partial charge in [0.25, 0.3) is 5.91 Å². The van der Waals surface area contributed by atoms with Crippen LogP contribution in [0.4, 0.5) is 0 Å². The van der Waals surface area contributed by atoms with Gasteiger partial charge in [-0.25, -0.2) is 0 Å². The first-order valence-corrected chi connectivity index (χ1v) is 10.0. The van der Waals surface area contributed by atoms with E-state index in [1.54, 1.807) is 40.9 Å². The summed E-state index contributed by atoms with van der Waals surface area (Å²) in [5.74, 6) is 0.616. The van der Waals surface area contributed by atoms with Crippen LogP contribution in [0.5, 0.6) is 5.75 Å². The van der Waals surface area contributed by atoms with Crippen molar-refractivity contribution in [1.29, 1.82) is 0 Å². The highest BCUT2D eigenvalue weighted by molar-refractivity contribution is 8.00. The van der Waals surface area contributed by atoms with Crippen molar-refractivity contribution >= 4 is 29.7 Å². The summed E-state index contributed by atoms with van der Waals surface area (Å²) in [5.41, 5.74) is 2.03. The minimum Gasteiger partial charge on any atom is -0.507 e. The number of thioether (sulfide) groups is 1. The average molecular weight is 377 g/mol. The van der Waals surface area contributed by atoms with Gasteiger partial charge in [0.2, 0.25) is 0 Å². The average Bonchev–Trinajstić information content (AvgIpc) is 2.66. The van der Waals surface area contributed by atoms with E-state index in [1.165, 1.54) is 13.1 Å². The van der Waals surface area contributed by atoms with Crippen LogP contribution in [0, 0.1) is 0 Å². The molecular weight excluding hydrogens is 348 g/mol. The lowest BCUT2D eigenvalue weighted by Gasteiger charge is -2.48. The Morgan fingerprint density at radius 2 is 1.88 bits per heavy atom. The molecule has 3 rings (SSSR count). The Morgan fingerprint density at radius 1 is 1.27 bits per heavy atom. The van der Waals surface area contributed by atoms with Gasteiger partial charge in [0, 0.05) is 24.5 Å². The van der Waals surface area contributed by atoms with Gasteiger partial charge >= 0.3 is 0 Å². The van der Waals surface area contributed by atoms with Gasteiger partial charge in [-0.2, -0.15) is 0 Å². The van der Waals surface area contributed by atoms with Crippen LogP contribution in [-0.4, -0.2) is 45.1 Å². The summed E-state index contributed by atoms with van der Waals surface area (Å²) in [4.78, 5) is 29.9.